The Morgan fingerprint density at radius 3 is 2.32 bits per heavy atom. The van der Waals surface area contributed by atoms with E-state index in [1.54, 1.807) is 7.11 Å². The van der Waals surface area contributed by atoms with Gasteiger partial charge in [-0.3, -0.25) is 0 Å². The summed E-state index contributed by atoms with van der Waals surface area (Å²) in [5, 5.41) is 9.64. The largest absolute Gasteiger partial charge is 0.496 e. The lowest BCUT2D eigenvalue weighted by atomic mass is 10.0. The molecule has 0 radical (unpaired) electrons. The van der Waals surface area contributed by atoms with Gasteiger partial charge in [-0.1, -0.05) is 62.0 Å². The first-order valence-electron chi connectivity index (χ1n) is 11.5. The van der Waals surface area contributed by atoms with E-state index in [9.17, 15) is 0 Å². The Labute approximate surface area is 204 Å². The van der Waals surface area contributed by atoms with Gasteiger partial charge in [-0.15, -0.1) is 0 Å². The monoisotopic (exact) mass is 458 g/mol. The van der Waals surface area contributed by atoms with E-state index < -0.39 is 0 Å². The summed E-state index contributed by atoms with van der Waals surface area (Å²) in [6.45, 7) is 10.9. The van der Waals surface area contributed by atoms with Crippen molar-refractivity contribution in [1.29, 1.82) is 0 Å². The number of methoxy groups -OCH3 is 1. The molecule has 0 amide bonds. The molecule has 0 aliphatic carbocycles. The average molecular weight is 459 g/mol. The lowest BCUT2D eigenvalue weighted by molar-refractivity contribution is 0.410. The van der Waals surface area contributed by atoms with Gasteiger partial charge in [-0.05, 0) is 60.7 Å². The number of anilines is 1. The molecule has 5 N–H and O–H groups in total. The molecule has 34 heavy (non-hydrogen) atoms. The van der Waals surface area contributed by atoms with E-state index >= 15 is 0 Å². The van der Waals surface area contributed by atoms with Crippen LogP contribution in [0.2, 0.25) is 0 Å². The molecule has 0 aliphatic rings. The first-order chi connectivity index (χ1) is 16.4. The summed E-state index contributed by atoms with van der Waals surface area (Å²) in [6.07, 6.45) is 2.48. The van der Waals surface area contributed by atoms with Crippen LogP contribution in [-0.2, 0) is 6.42 Å². The molecule has 0 saturated heterocycles. The highest BCUT2D eigenvalue weighted by atomic mass is 16.5. The molecule has 0 fully saturated rings. The Bertz CT molecular complexity index is 1090. The van der Waals surface area contributed by atoms with Crippen LogP contribution in [0.5, 0.6) is 5.75 Å². The van der Waals surface area contributed by atoms with Crippen LogP contribution in [0.4, 0.5) is 5.69 Å². The van der Waals surface area contributed by atoms with Crippen LogP contribution >= 0.6 is 0 Å². The van der Waals surface area contributed by atoms with Crippen molar-refractivity contribution in [2.45, 2.75) is 27.2 Å². The zero-order valence-corrected chi connectivity index (χ0v) is 21.0. The van der Waals surface area contributed by atoms with Gasteiger partial charge in [0.05, 0.1) is 13.8 Å². The molecule has 0 heterocycles. The minimum Gasteiger partial charge on any atom is -0.496 e. The SMILES string of the molecule is C=C(NCNc1ccc(-c2ccccc2)cc1C)c1ccc(CC)c(OC)c1.CN/C(C)=C\N. The van der Waals surface area contributed by atoms with Gasteiger partial charge in [0.1, 0.15) is 5.75 Å². The van der Waals surface area contributed by atoms with Gasteiger partial charge in [-0.2, -0.15) is 0 Å². The summed E-state index contributed by atoms with van der Waals surface area (Å²) in [5.41, 5.74) is 13.9. The smallest absolute Gasteiger partial charge is 0.122 e. The van der Waals surface area contributed by atoms with E-state index in [0.29, 0.717) is 6.67 Å². The summed E-state index contributed by atoms with van der Waals surface area (Å²) in [5.74, 6) is 0.906. The second kappa shape index (κ2) is 13.6. The summed E-state index contributed by atoms with van der Waals surface area (Å²) < 4.78 is 5.48. The van der Waals surface area contributed by atoms with Crippen LogP contribution < -0.4 is 26.4 Å². The van der Waals surface area contributed by atoms with E-state index in [1.807, 2.05) is 26.1 Å². The van der Waals surface area contributed by atoms with Gasteiger partial charge in [0.25, 0.3) is 0 Å². The van der Waals surface area contributed by atoms with E-state index in [1.165, 1.54) is 28.5 Å². The van der Waals surface area contributed by atoms with Crippen LogP contribution in [0, 0.1) is 6.92 Å². The topological polar surface area (TPSA) is 71.3 Å². The molecular formula is C29H38N4O. The quantitative estimate of drug-likeness (QED) is 0.301. The minimum absolute atomic E-state index is 0.599. The number of rotatable bonds is 9. The van der Waals surface area contributed by atoms with Gasteiger partial charge < -0.3 is 26.4 Å². The molecule has 3 aromatic rings. The van der Waals surface area contributed by atoms with Crippen LogP contribution in [0.25, 0.3) is 16.8 Å². The predicted octanol–water partition coefficient (Wildman–Crippen LogP) is 5.89. The molecule has 3 aromatic carbocycles. The van der Waals surface area contributed by atoms with Crippen molar-refractivity contribution in [2.24, 2.45) is 5.73 Å². The summed E-state index contributed by atoms with van der Waals surface area (Å²) in [6, 6.07) is 23.1. The van der Waals surface area contributed by atoms with E-state index in [4.69, 9.17) is 10.5 Å². The zero-order chi connectivity index (χ0) is 24.9. The molecule has 0 unspecified atom stereocenters. The predicted molar refractivity (Wildman–Crippen MR) is 147 cm³/mol. The lowest BCUT2D eigenvalue weighted by Crippen LogP contribution is -2.20. The van der Waals surface area contributed by atoms with Gasteiger partial charge in [-0.25, -0.2) is 0 Å². The van der Waals surface area contributed by atoms with E-state index in [0.717, 1.165) is 34.8 Å². The molecule has 0 spiro atoms. The highest BCUT2D eigenvalue weighted by Crippen LogP contribution is 2.25. The van der Waals surface area contributed by atoms with Gasteiger partial charge in [0.15, 0.2) is 0 Å². The Kier molecular flexibility index (Phi) is 10.6. The van der Waals surface area contributed by atoms with Crippen molar-refractivity contribution in [3.05, 3.63) is 102 Å². The summed E-state index contributed by atoms with van der Waals surface area (Å²) in [7, 11) is 3.54. The van der Waals surface area contributed by atoms with E-state index in [-0.39, 0.29) is 0 Å². The van der Waals surface area contributed by atoms with Crippen LogP contribution in [-0.4, -0.2) is 20.8 Å². The lowest BCUT2D eigenvalue weighted by Gasteiger charge is -2.16. The molecule has 0 aliphatic heterocycles. The Balaban J connectivity index is 0.000000604. The number of hydrogen-bond donors (Lipinski definition) is 4. The number of ether oxygens (including phenoxy) is 1. The minimum atomic E-state index is 0.599. The van der Waals surface area contributed by atoms with Gasteiger partial charge >= 0.3 is 0 Å². The fourth-order valence-electron chi connectivity index (χ4n) is 3.33. The second-order valence-corrected chi connectivity index (χ2v) is 7.88. The van der Waals surface area contributed by atoms with Crippen LogP contribution in [0.15, 0.2) is 85.2 Å². The summed E-state index contributed by atoms with van der Waals surface area (Å²) >= 11 is 0. The average Bonchev–Trinajstić information content (AvgIpc) is 2.89. The molecule has 3 rings (SSSR count). The number of aryl methyl sites for hydroxylation is 2. The maximum Gasteiger partial charge on any atom is 0.122 e. The molecule has 0 bridgehead atoms. The highest BCUT2D eigenvalue weighted by Gasteiger charge is 2.06. The normalized spacial score (nSPS) is 10.6. The number of allylic oxidation sites excluding steroid dienone is 1. The summed E-state index contributed by atoms with van der Waals surface area (Å²) in [4.78, 5) is 0. The fourth-order valence-corrected chi connectivity index (χ4v) is 3.33. The standard InChI is InChI=1S/C25H28N2O.C4H10N2/c1-5-20-11-12-22(16-25(20)28-4)19(3)26-17-27-24-14-13-23(15-18(24)2)21-9-7-6-8-10-21;1-4(3-5)6-2/h6-16,26-27H,3,5,17H2,1-2,4H3;3,6H,5H2,1-2H3/b;4-3-. The molecule has 0 atom stereocenters. The molecule has 5 heteroatoms. The third-order valence-corrected chi connectivity index (χ3v) is 5.57. The van der Waals surface area contributed by atoms with Crippen molar-refractivity contribution >= 4 is 11.4 Å². The molecular weight excluding hydrogens is 420 g/mol. The maximum absolute atomic E-state index is 5.48. The first-order valence-corrected chi connectivity index (χ1v) is 11.5. The third-order valence-electron chi connectivity index (χ3n) is 5.57. The van der Waals surface area contributed by atoms with Crippen LogP contribution in [0.3, 0.4) is 0 Å². The number of hydrogen-bond acceptors (Lipinski definition) is 5. The zero-order valence-electron chi connectivity index (χ0n) is 21.0. The third kappa shape index (κ3) is 7.62. The van der Waals surface area contributed by atoms with Crippen molar-refractivity contribution < 1.29 is 4.74 Å². The Hall–Kier alpha value is -3.86. The molecule has 180 valence electrons. The van der Waals surface area contributed by atoms with Gasteiger partial charge in [0.2, 0.25) is 0 Å². The molecule has 5 nitrogen and oxygen atoms in total. The Morgan fingerprint density at radius 1 is 1.03 bits per heavy atom. The maximum atomic E-state index is 5.48. The highest BCUT2D eigenvalue weighted by molar-refractivity contribution is 5.69. The van der Waals surface area contributed by atoms with Crippen molar-refractivity contribution in [2.75, 3.05) is 26.1 Å². The van der Waals surface area contributed by atoms with Crippen molar-refractivity contribution in [3.8, 4) is 16.9 Å². The second-order valence-electron chi connectivity index (χ2n) is 7.88. The van der Waals surface area contributed by atoms with Crippen LogP contribution in [0.1, 0.15) is 30.5 Å². The molecule has 0 saturated carbocycles. The number of nitrogens with one attached hydrogen (secondary N) is 3. The number of nitrogens with two attached hydrogens (primary N) is 1. The number of benzene rings is 3. The Morgan fingerprint density at radius 2 is 1.76 bits per heavy atom. The molecule has 0 aromatic heterocycles. The van der Waals surface area contributed by atoms with Gasteiger partial charge in [0, 0.05) is 35.9 Å². The fraction of sp³-hybridized carbons (Fsp3) is 0.241. The van der Waals surface area contributed by atoms with E-state index in [2.05, 4.69) is 91.0 Å². The van der Waals surface area contributed by atoms with Crippen molar-refractivity contribution in [3.63, 3.8) is 0 Å². The van der Waals surface area contributed by atoms with Crippen molar-refractivity contribution in [1.82, 2.24) is 10.6 Å². The first kappa shape index (κ1) is 26.4.